The molecule has 5 heteroatoms. The number of carbonyl (C=O) groups excluding carboxylic acids is 1. The highest BCUT2D eigenvalue weighted by Crippen LogP contribution is 2.30. The zero-order valence-electron chi connectivity index (χ0n) is 15.5. The molecule has 0 spiro atoms. The lowest BCUT2D eigenvalue weighted by Gasteiger charge is -2.13. The third-order valence-electron chi connectivity index (χ3n) is 4.10. The highest BCUT2D eigenvalue weighted by Gasteiger charge is 2.09. The fourth-order valence-corrected chi connectivity index (χ4v) is 2.86. The van der Waals surface area contributed by atoms with Crippen molar-refractivity contribution in [2.75, 3.05) is 0 Å². The average Bonchev–Trinajstić information content (AvgIpc) is 2.55. The number of carboxylic acid groups (broad SMARTS) is 1. The normalized spacial score (nSPS) is 11.8. The zero-order valence-corrected chi connectivity index (χ0v) is 15.5. The summed E-state index contributed by atoms with van der Waals surface area (Å²) in [7, 11) is 0. The fraction of sp³-hybridized carbons (Fsp3) is 0.182. The van der Waals surface area contributed by atoms with Gasteiger partial charge in [0.15, 0.2) is 5.78 Å². The van der Waals surface area contributed by atoms with E-state index in [0.717, 1.165) is 33.9 Å². The number of aliphatic carboxylic acids is 1. The van der Waals surface area contributed by atoms with Gasteiger partial charge in [0.1, 0.15) is 12.2 Å². The molecule has 2 aromatic carbocycles. The number of carbonyl (C=O) groups is 2. The van der Waals surface area contributed by atoms with E-state index in [-0.39, 0.29) is 11.5 Å². The number of rotatable bonds is 6. The first-order valence-electron chi connectivity index (χ1n) is 8.45. The monoisotopic (exact) mass is 367 g/mol. The van der Waals surface area contributed by atoms with Crippen LogP contribution >= 0.6 is 0 Å². The van der Waals surface area contributed by atoms with Crippen LogP contribution in [0.5, 0.6) is 0 Å². The molecule has 0 aromatic heterocycles. The Morgan fingerprint density at radius 1 is 1.11 bits per heavy atom. The number of ketones is 1. The van der Waals surface area contributed by atoms with Crippen molar-refractivity contribution in [3.63, 3.8) is 0 Å². The minimum Gasteiger partial charge on any atom is -0.481 e. The number of nitrogens with two attached hydrogens (primary N) is 1. The molecule has 0 unspecified atom stereocenters. The first kappa shape index (κ1) is 20.1. The Morgan fingerprint density at radius 3 is 2.44 bits per heavy atom. The van der Waals surface area contributed by atoms with Crippen molar-refractivity contribution in [2.45, 2.75) is 27.2 Å². The molecule has 0 saturated heterocycles. The van der Waals surface area contributed by atoms with Gasteiger partial charge in [-0.25, -0.2) is 4.39 Å². The summed E-state index contributed by atoms with van der Waals surface area (Å²) in [5, 5.41) is 8.64. The molecule has 0 radical (unpaired) electrons. The molecular formula is C22H22FNO3. The Balaban J connectivity index is 2.44. The summed E-state index contributed by atoms with van der Waals surface area (Å²) < 4.78 is 13.6. The third kappa shape index (κ3) is 5.38. The second kappa shape index (κ2) is 8.45. The number of benzene rings is 2. The van der Waals surface area contributed by atoms with E-state index in [1.807, 2.05) is 26.0 Å². The smallest absolute Gasteiger partial charge is 0.311 e. The number of hydrogen-bond donors (Lipinski definition) is 2. The van der Waals surface area contributed by atoms with Crippen LogP contribution in [0, 0.1) is 26.6 Å². The molecule has 140 valence electrons. The van der Waals surface area contributed by atoms with Gasteiger partial charge in [-0.3, -0.25) is 9.59 Å². The second-order valence-corrected chi connectivity index (χ2v) is 6.52. The molecule has 2 rings (SSSR count). The molecule has 0 saturated carbocycles. The number of carboxylic acids is 1. The minimum absolute atomic E-state index is 0.169. The molecule has 0 bridgehead atoms. The number of allylic oxidation sites excluding steroid dienone is 2. The molecule has 3 N–H and O–H groups in total. The summed E-state index contributed by atoms with van der Waals surface area (Å²) in [4.78, 5) is 22.1. The molecule has 0 amide bonds. The highest BCUT2D eigenvalue weighted by molar-refractivity contribution is 6.01. The topological polar surface area (TPSA) is 80.4 Å². The molecule has 0 aliphatic rings. The van der Waals surface area contributed by atoms with Crippen LogP contribution in [-0.4, -0.2) is 16.9 Å². The van der Waals surface area contributed by atoms with E-state index in [1.165, 1.54) is 6.07 Å². The number of halogens is 1. The molecule has 0 aliphatic carbocycles. The Bertz CT molecular complexity index is 958. The Hall–Kier alpha value is -3.21. The van der Waals surface area contributed by atoms with Crippen LogP contribution in [0.1, 0.15) is 28.7 Å². The van der Waals surface area contributed by atoms with Gasteiger partial charge in [0.05, 0.1) is 0 Å². The maximum atomic E-state index is 13.6. The molecular weight excluding hydrogens is 345 g/mol. The Labute approximate surface area is 157 Å². The lowest BCUT2D eigenvalue weighted by Crippen LogP contribution is -2.06. The standard InChI is InChI=1S/C22H22FNO3/c1-13-8-14(2)19(6-5-17(24)11-18(25)12-22(26)27)20(9-13)16-4-7-21(23)15(3)10-16/h4-11H,12,24H2,1-3H3,(H,26,27). The SMILES string of the molecule is Cc1cc(C)c(C=CC(N)=CC(=O)CC(=O)O)c(-c2ccc(F)c(C)c2)c1. The minimum atomic E-state index is -1.20. The van der Waals surface area contributed by atoms with Gasteiger partial charge < -0.3 is 10.8 Å². The molecule has 2 aromatic rings. The van der Waals surface area contributed by atoms with Crippen molar-refractivity contribution < 1.29 is 19.1 Å². The van der Waals surface area contributed by atoms with Crippen molar-refractivity contribution in [3.8, 4) is 11.1 Å². The van der Waals surface area contributed by atoms with Crippen molar-refractivity contribution in [1.82, 2.24) is 0 Å². The highest BCUT2D eigenvalue weighted by atomic mass is 19.1. The van der Waals surface area contributed by atoms with Crippen LogP contribution < -0.4 is 5.73 Å². The van der Waals surface area contributed by atoms with Crippen LogP contribution in [0.15, 0.2) is 48.2 Å². The van der Waals surface area contributed by atoms with E-state index < -0.39 is 18.2 Å². The van der Waals surface area contributed by atoms with Crippen LogP contribution in [0.25, 0.3) is 17.2 Å². The fourth-order valence-electron chi connectivity index (χ4n) is 2.86. The summed E-state index contributed by atoms with van der Waals surface area (Å²) in [6, 6.07) is 8.98. The molecule has 0 heterocycles. The summed E-state index contributed by atoms with van der Waals surface area (Å²) >= 11 is 0. The van der Waals surface area contributed by atoms with Crippen molar-refractivity contribution in [2.24, 2.45) is 5.73 Å². The molecule has 27 heavy (non-hydrogen) atoms. The lowest BCUT2D eigenvalue weighted by atomic mass is 9.92. The first-order valence-corrected chi connectivity index (χ1v) is 8.45. The second-order valence-electron chi connectivity index (χ2n) is 6.52. The van der Waals surface area contributed by atoms with Crippen molar-refractivity contribution >= 4 is 17.8 Å². The van der Waals surface area contributed by atoms with Gasteiger partial charge in [-0.2, -0.15) is 0 Å². The molecule has 4 nitrogen and oxygen atoms in total. The van der Waals surface area contributed by atoms with E-state index in [0.29, 0.717) is 5.56 Å². The van der Waals surface area contributed by atoms with Crippen LogP contribution in [-0.2, 0) is 9.59 Å². The quantitative estimate of drug-likeness (QED) is 0.453. The summed E-state index contributed by atoms with van der Waals surface area (Å²) in [5.41, 5.74) is 11.3. The van der Waals surface area contributed by atoms with E-state index in [9.17, 15) is 14.0 Å². The van der Waals surface area contributed by atoms with E-state index in [1.54, 1.807) is 31.2 Å². The predicted molar refractivity (Wildman–Crippen MR) is 105 cm³/mol. The first-order chi connectivity index (χ1) is 12.7. The maximum Gasteiger partial charge on any atom is 0.311 e. The predicted octanol–water partition coefficient (Wildman–Crippen LogP) is 4.32. The van der Waals surface area contributed by atoms with Crippen LogP contribution in [0.2, 0.25) is 0 Å². The maximum absolute atomic E-state index is 13.6. The lowest BCUT2D eigenvalue weighted by molar-refractivity contribution is -0.139. The van der Waals surface area contributed by atoms with Gasteiger partial charge in [0, 0.05) is 11.8 Å². The van der Waals surface area contributed by atoms with Gasteiger partial charge >= 0.3 is 5.97 Å². The summed E-state index contributed by atoms with van der Waals surface area (Å²) in [5.74, 6) is -2.03. The Morgan fingerprint density at radius 2 is 1.81 bits per heavy atom. The Kier molecular flexibility index (Phi) is 6.29. The largest absolute Gasteiger partial charge is 0.481 e. The average molecular weight is 367 g/mol. The van der Waals surface area contributed by atoms with Crippen LogP contribution in [0.4, 0.5) is 4.39 Å². The van der Waals surface area contributed by atoms with Crippen molar-refractivity contribution in [3.05, 3.63) is 76.3 Å². The van der Waals surface area contributed by atoms with E-state index >= 15 is 0 Å². The van der Waals surface area contributed by atoms with Gasteiger partial charge in [0.2, 0.25) is 0 Å². The zero-order chi connectivity index (χ0) is 20.1. The number of hydrogen-bond acceptors (Lipinski definition) is 3. The molecule has 0 aliphatic heterocycles. The number of aryl methyl sites for hydroxylation is 3. The molecule has 0 fully saturated rings. The van der Waals surface area contributed by atoms with Gasteiger partial charge in [-0.15, -0.1) is 0 Å². The van der Waals surface area contributed by atoms with Gasteiger partial charge in [0.25, 0.3) is 0 Å². The molecule has 0 atom stereocenters. The third-order valence-corrected chi connectivity index (χ3v) is 4.10. The summed E-state index contributed by atoms with van der Waals surface area (Å²) in [6.07, 6.45) is 3.86. The van der Waals surface area contributed by atoms with E-state index in [2.05, 4.69) is 0 Å². The van der Waals surface area contributed by atoms with Gasteiger partial charge in [-0.05, 0) is 66.8 Å². The van der Waals surface area contributed by atoms with Crippen molar-refractivity contribution in [1.29, 1.82) is 0 Å². The van der Waals surface area contributed by atoms with Crippen LogP contribution in [0.3, 0.4) is 0 Å². The van der Waals surface area contributed by atoms with Gasteiger partial charge in [-0.1, -0.05) is 29.8 Å². The van der Waals surface area contributed by atoms with E-state index in [4.69, 9.17) is 10.8 Å². The summed E-state index contributed by atoms with van der Waals surface area (Å²) in [6.45, 7) is 5.66.